The van der Waals surface area contributed by atoms with Crippen molar-refractivity contribution < 1.29 is 14.7 Å². The van der Waals surface area contributed by atoms with E-state index in [0.29, 0.717) is 5.56 Å². The van der Waals surface area contributed by atoms with Crippen LogP contribution in [0.3, 0.4) is 0 Å². The lowest BCUT2D eigenvalue weighted by Crippen LogP contribution is -2.34. The van der Waals surface area contributed by atoms with Crippen molar-refractivity contribution >= 4 is 23.5 Å². The summed E-state index contributed by atoms with van der Waals surface area (Å²) in [5, 5.41) is 11.6. The molecule has 1 amide bonds. The minimum Gasteiger partial charge on any atom is -0.479 e. The third-order valence-electron chi connectivity index (χ3n) is 2.49. The van der Waals surface area contributed by atoms with Gasteiger partial charge >= 0.3 is 5.97 Å². The first-order valence-corrected chi connectivity index (χ1v) is 6.02. The first-order valence-electron chi connectivity index (χ1n) is 5.64. The maximum absolute atomic E-state index is 11.9. The number of carboxylic acids is 1. The molecule has 0 fully saturated rings. The van der Waals surface area contributed by atoms with E-state index in [1.54, 1.807) is 30.3 Å². The van der Waals surface area contributed by atoms with Crippen molar-refractivity contribution in [2.45, 2.75) is 6.04 Å². The van der Waals surface area contributed by atoms with Crippen LogP contribution in [0, 0.1) is 0 Å². The van der Waals surface area contributed by atoms with E-state index in [4.69, 9.17) is 11.6 Å². The zero-order chi connectivity index (χ0) is 14.5. The first kappa shape index (κ1) is 14.0. The Labute approximate surface area is 119 Å². The molecule has 0 spiro atoms. The lowest BCUT2D eigenvalue weighted by Gasteiger charge is -2.14. The number of aliphatic carboxylic acids is 1. The fourth-order valence-electron chi connectivity index (χ4n) is 1.59. The highest BCUT2D eigenvalue weighted by atomic mass is 35.5. The smallest absolute Gasteiger partial charge is 0.330 e. The largest absolute Gasteiger partial charge is 0.479 e. The van der Waals surface area contributed by atoms with Gasteiger partial charge in [0.2, 0.25) is 0 Å². The summed E-state index contributed by atoms with van der Waals surface area (Å²) in [4.78, 5) is 30.7. The number of carbonyl (C=O) groups is 2. The second-order valence-corrected chi connectivity index (χ2v) is 4.27. The molecule has 7 heteroatoms. The first-order chi connectivity index (χ1) is 9.58. The Balaban J connectivity index is 2.21. The van der Waals surface area contributed by atoms with Crippen molar-refractivity contribution in [2.75, 3.05) is 0 Å². The summed E-state index contributed by atoms with van der Waals surface area (Å²) in [6.07, 6.45) is 2.50. The molecule has 1 aromatic carbocycles. The molecule has 20 heavy (non-hydrogen) atoms. The summed E-state index contributed by atoms with van der Waals surface area (Å²) in [5.74, 6) is -1.82. The summed E-state index contributed by atoms with van der Waals surface area (Å²) >= 11 is 5.64. The highest BCUT2D eigenvalue weighted by Gasteiger charge is 2.23. The van der Waals surface area contributed by atoms with Crippen molar-refractivity contribution in [2.24, 2.45) is 0 Å². The molecule has 1 aromatic heterocycles. The zero-order valence-electron chi connectivity index (χ0n) is 10.2. The van der Waals surface area contributed by atoms with Crippen LogP contribution in [0.5, 0.6) is 0 Å². The molecule has 0 saturated carbocycles. The van der Waals surface area contributed by atoms with E-state index in [1.807, 2.05) is 0 Å². The molecule has 1 atom stereocenters. The summed E-state index contributed by atoms with van der Waals surface area (Å²) in [5.41, 5.74) is 0.419. The molecule has 0 aliphatic heterocycles. The molecule has 0 aliphatic carbocycles. The van der Waals surface area contributed by atoms with E-state index in [9.17, 15) is 14.7 Å². The van der Waals surface area contributed by atoms with Gasteiger partial charge in [0.15, 0.2) is 6.04 Å². The van der Waals surface area contributed by atoms with Gasteiger partial charge in [0, 0.05) is 0 Å². The predicted octanol–water partition coefficient (Wildman–Crippen LogP) is 1.69. The summed E-state index contributed by atoms with van der Waals surface area (Å²) in [7, 11) is 0. The van der Waals surface area contributed by atoms with Gasteiger partial charge in [0.1, 0.15) is 10.8 Å². The molecule has 2 rings (SSSR count). The Morgan fingerprint density at radius 2 is 1.90 bits per heavy atom. The van der Waals surface area contributed by atoms with Gasteiger partial charge in [-0.15, -0.1) is 0 Å². The molecule has 1 heterocycles. The zero-order valence-corrected chi connectivity index (χ0v) is 10.9. The maximum Gasteiger partial charge on any atom is 0.330 e. The Morgan fingerprint density at radius 1 is 1.20 bits per heavy atom. The van der Waals surface area contributed by atoms with Gasteiger partial charge in [-0.05, 0) is 5.56 Å². The normalized spacial score (nSPS) is 11.7. The molecule has 0 bridgehead atoms. The number of rotatable bonds is 4. The number of amides is 1. The number of carbonyl (C=O) groups excluding carboxylic acids is 1. The number of benzene rings is 1. The molecule has 2 N–H and O–H groups in total. The third-order valence-corrected chi connectivity index (χ3v) is 2.68. The van der Waals surface area contributed by atoms with Crippen LogP contribution in [0.1, 0.15) is 22.1 Å². The molecular formula is C13H10ClN3O3. The molecule has 102 valence electrons. The second kappa shape index (κ2) is 6.12. The van der Waals surface area contributed by atoms with Crippen LogP contribution in [0.2, 0.25) is 5.15 Å². The second-order valence-electron chi connectivity index (χ2n) is 3.88. The van der Waals surface area contributed by atoms with Crippen LogP contribution in [0.4, 0.5) is 0 Å². The van der Waals surface area contributed by atoms with Gasteiger partial charge in [0.05, 0.1) is 12.4 Å². The van der Waals surface area contributed by atoms with E-state index in [2.05, 4.69) is 15.3 Å². The Bertz CT molecular complexity index is 634. The van der Waals surface area contributed by atoms with Gasteiger partial charge in [-0.1, -0.05) is 41.9 Å². The lowest BCUT2D eigenvalue weighted by atomic mass is 10.1. The average Bonchev–Trinajstić information content (AvgIpc) is 2.45. The molecule has 0 aliphatic rings. The van der Waals surface area contributed by atoms with E-state index < -0.39 is 17.9 Å². The standard InChI is InChI=1S/C13H10ClN3O3/c14-10-7-15-6-9(16-10)12(18)17-11(13(19)20)8-4-2-1-3-5-8/h1-7,11H,(H,17,18)(H,19,20)/t11-/m1/s1. The Hall–Kier alpha value is -2.47. The molecule has 0 unspecified atom stereocenters. The molecule has 0 saturated heterocycles. The molecular weight excluding hydrogens is 282 g/mol. The van der Waals surface area contributed by atoms with Gasteiger partial charge in [-0.3, -0.25) is 9.78 Å². The van der Waals surface area contributed by atoms with Crippen molar-refractivity contribution in [1.82, 2.24) is 15.3 Å². The van der Waals surface area contributed by atoms with Gasteiger partial charge in [-0.2, -0.15) is 0 Å². The van der Waals surface area contributed by atoms with E-state index in [1.165, 1.54) is 12.4 Å². The van der Waals surface area contributed by atoms with E-state index in [-0.39, 0.29) is 10.8 Å². The quantitative estimate of drug-likeness (QED) is 0.894. The number of nitrogens with zero attached hydrogens (tertiary/aromatic N) is 2. The molecule has 2 aromatic rings. The SMILES string of the molecule is O=C(N[C@@H](C(=O)O)c1ccccc1)c1cncc(Cl)n1. The molecule has 6 nitrogen and oxygen atoms in total. The summed E-state index contributed by atoms with van der Waals surface area (Å²) in [6.45, 7) is 0. The van der Waals surface area contributed by atoms with Crippen LogP contribution < -0.4 is 5.32 Å². The lowest BCUT2D eigenvalue weighted by molar-refractivity contribution is -0.139. The Kier molecular flexibility index (Phi) is 4.27. The highest BCUT2D eigenvalue weighted by molar-refractivity contribution is 6.29. The third kappa shape index (κ3) is 3.30. The van der Waals surface area contributed by atoms with Crippen molar-refractivity contribution in [3.05, 3.63) is 59.1 Å². The number of hydrogen-bond acceptors (Lipinski definition) is 4. The topological polar surface area (TPSA) is 92.2 Å². The van der Waals surface area contributed by atoms with Crippen molar-refractivity contribution in [3.8, 4) is 0 Å². The minimum absolute atomic E-state index is 0.0420. The van der Waals surface area contributed by atoms with Gasteiger partial charge < -0.3 is 10.4 Å². The summed E-state index contributed by atoms with van der Waals surface area (Å²) in [6, 6.07) is 7.20. The van der Waals surface area contributed by atoms with E-state index >= 15 is 0 Å². The average molecular weight is 292 g/mol. The van der Waals surface area contributed by atoms with Crippen LogP contribution in [0.15, 0.2) is 42.7 Å². The fraction of sp³-hybridized carbons (Fsp3) is 0.0769. The van der Waals surface area contributed by atoms with Gasteiger partial charge in [0.25, 0.3) is 5.91 Å². The fourth-order valence-corrected chi connectivity index (χ4v) is 1.74. The Morgan fingerprint density at radius 3 is 2.50 bits per heavy atom. The van der Waals surface area contributed by atoms with Crippen molar-refractivity contribution in [3.63, 3.8) is 0 Å². The number of hydrogen-bond donors (Lipinski definition) is 2. The molecule has 0 radical (unpaired) electrons. The van der Waals surface area contributed by atoms with Crippen LogP contribution in [-0.2, 0) is 4.79 Å². The van der Waals surface area contributed by atoms with Crippen LogP contribution in [0.25, 0.3) is 0 Å². The number of halogens is 1. The highest BCUT2D eigenvalue weighted by Crippen LogP contribution is 2.13. The van der Waals surface area contributed by atoms with Crippen LogP contribution >= 0.6 is 11.6 Å². The predicted molar refractivity (Wildman–Crippen MR) is 71.3 cm³/mol. The number of nitrogens with one attached hydrogen (secondary N) is 1. The monoisotopic (exact) mass is 291 g/mol. The maximum atomic E-state index is 11.9. The van der Waals surface area contributed by atoms with E-state index in [0.717, 1.165) is 0 Å². The van der Waals surface area contributed by atoms with Crippen molar-refractivity contribution in [1.29, 1.82) is 0 Å². The van der Waals surface area contributed by atoms with Gasteiger partial charge in [-0.25, -0.2) is 9.78 Å². The number of aromatic nitrogens is 2. The minimum atomic E-state index is -1.17. The van der Waals surface area contributed by atoms with Crippen LogP contribution in [-0.4, -0.2) is 27.0 Å². The number of carboxylic acid groups (broad SMARTS) is 1. The summed E-state index contributed by atoms with van der Waals surface area (Å²) < 4.78 is 0.